The van der Waals surface area contributed by atoms with Crippen LogP contribution < -0.4 is 0 Å². The maximum absolute atomic E-state index is 11.2. The molecular weight excluding hydrogens is 448 g/mol. The summed E-state index contributed by atoms with van der Waals surface area (Å²) in [6.45, 7) is 0. The van der Waals surface area contributed by atoms with Crippen molar-refractivity contribution in [3.8, 4) is 0 Å². The van der Waals surface area contributed by atoms with Crippen LogP contribution in [0.15, 0.2) is 34.5 Å². The minimum atomic E-state index is -1.30. The van der Waals surface area contributed by atoms with Crippen molar-refractivity contribution >= 4 is 45.5 Å². The van der Waals surface area contributed by atoms with Crippen molar-refractivity contribution in [3.05, 3.63) is 85.0 Å². The van der Waals surface area contributed by atoms with E-state index in [0.29, 0.717) is 24.3 Å². The summed E-state index contributed by atoms with van der Waals surface area (Å²) in [4.78, 5) is 59.1. The van der Waals surface area contributed by atoms with Crippen molar-refractivity contribution < 1.29 is 29.5 Å². The van der Waals surface area contributed by atoms with Crippen LogP contribution in [0.1, 0.15) is 0 Å². The highest BCUT2D eigenvalue weighted by atomic mass is 16.6. The van der Waals surface area contributed by atoms with Crippen LogP contribution in [-0.2, 0) is 0 Å². The van der Waals surface area contributed by atoms with Crippen LogP contribution >= 0.6 is 0 Å². The van der Waals surface area contributed by atoms with Gasteiger partial charge in [0.2, 0.25) is 11.4 Å². The number of nitro benzene ring substituents is 6. The highest BCUT2D eigenvalue weighted by Gasteiger charge is 2.34. The summed E-state index contributed by atoms with van der Waals surface area (Å²) < 4.78 is 0. The first-order valence-electron chi connectivity index (χ1n) is 7.49. The number of nitrogens with zero attached hydrogens (tertiary/aromatic N) is 8. The Balaban J connectivity index is 2.88. The van der Waals surface area contributed by atoms with Crippen molar-refractivity contribution in [2.24, 2.45) is 10.2 Å². The molecule has 0 saturated heterocycles. The smallest absolute Gasteiger partial charge is 0.258 e. The van der Waals surface area contributed by atoms with Crippen LogP contribution in [0.25, 0.3) is 0 Å². The van der Waals surface area contributed by atoms with Gasteiger partial charge in [-0.3, -0.25) is 60.7 Å². The summed E-state index contributed by atoms with van der Waals surface area (Å²) in [6, 6.07) is 1.17. The molecule has 20 nitrogen and oxygen atoms in total. The number of hydrogen-bond acceptors (Lipinski definition) is 14. The first-order valence-corrected chi connectivity index (χ1v) is 7.49. The van der Waals surface area contributed by atoms with Gasteiger partial charge >= 0.3 is 22.7 Å². The van der Waals surface area contributed by atoms with Crippen LogP contribution in [0.5, 0.6) is 0 Å². The van der Waals surface area contributed by atoms with Crippen molar-refractivity contribution in [2.75, 3.05) is 0 Å². The zero-order valence-electron chi connectivity index (χ0n) is 14.8. The largest absolute Gasteiger partial charge is 0.310 e. The van der Waals surface area contributed by atoms with Crippen LogP contribution in [0.4, 0.5) is 45.5 Å². The Morgan fingerprint density at radius 1 is 0.438 bits per heavy atom. The lowest BCUT2D eigenvalue weighted by atomic mass is 10.2. The number of nitro groups is 6. The standard InChI is InChI=1S/C12H4N8O12/c21-15(22)5-1-7(17(25)26)11(8(2-5)18(27)28)13-14-12-9(19(29)30)3-6(16(23)24)4-10(12)20(31)32/h1-4H. The van der Waals surface area contributed by atoms with E-state index in [-0.39, 0.29) is 0 Å². The van der Waals surface area contributed by atoms with E-state index in [1.165, 1.54) is 0 Å². The molecule has 0 aliphatic rings. The van der Waals surface area contributed by atoms with Gasteiger partial charge in [0.1, 0.15) is 0 Å². The molecule has 0 N–H and O–H groups in total. The molecule has 0 bridgehead atoms. The van der Waals surface area contributed by atoms with E-state index in [4.69, 9.17) is 0 Å². The second-order valence-electron chi connectivity index (χ2n) is 5.41. The van der Waals surface area contributed by atoms with Gasteiger partial charge in [0.05, 0.1) is 53.8 Å². The van der Waals surface area contributed by atoms with Crippen molar-refractivity contribution in [1.82, 2.24) is 0 Å². The van der Waals surface area contributed by atoms with Gasteiger partial charge in [0.15, 0.2) is 0 Å². The zero-order chi connectivity index (χ0) is 24.3. The Bertz CT molecular complexity index is 1090. The minimum Gasteiger partial charge on any atom is -0.258 e. The predicted molar refractivity (Wildman–Crippen MR) is 97.0 cm³/mol. The highest BCUT2D eigenvalue weighted by molar-refractivity contribution is 5.76. The summed E-state index contributed by atoms with van der Waals surface area (Å²) in [6.07, 6.45) is 0. The molecule has 20 heteroatoms. The first kappa shape index (κ1) is 22.7. The third kappa shape index (κ3) is 4.37. The molecule has 0 atom stereocenters. The number of rotatable bonds is 8. The topological polar surface area (TPSA) is 284 Å². The van der Waals surface area contributed by atoms with E-state index in [1.54, 1.807) is 0 Å². The second kappa shape index (κ2) is 8.44. The molecule has 0 spiro atoms. The van der Waals surface area contributed by atoms with Crippen LogP contribution in [0.2, 0.25) is 0 Å². The van der Waals surface area contributed by atoms with E-state index in [0.717, 1.165) is 0 Å². The number of benzene rings is 2. The van der Waals surface area contributed by atoms with E-state index in [2.05, 4.69) is 10.2 Å². The zero-order valence-corrected chi connectivity index (χ0v) is 14.8. The van der Waals surface area contributed by atoms with Gasteiger partial charge in [0.25, 0.3) is 11.4 Å². The Labute approximate surface area is 171 Å². The maximum Gasteiger partial charge on any atom is 0.310 e. The predicted octanol–water partition coefficient (Wildman–Crippen LogP) is 3.55. The number of azo groups is 1. The molecule has 164 valence electrons. The van der Waals surface area contributed by atoms with Gasteiger partial charge in [-0.25, -0.2) is 0 Å². The monoisotopic (exact) mass is 452 g/mol. The average Bonchev–Trinajstić information content (AvgIpc) is 2.70. The molecule has 0 fully saturated rings. The number of non-ortho nitro benzene ring substituents is 2. The molecule has 0 aliphatic carbocycles. The number of hydrogen-bond donors (Lipinski definition) is 0. The second-order valence-corrected chi connectivity index (χ2v) is 5.41. The van der Waals surface area contributed by atoms with E-state index in [9.17, 15) is 60.7 Å². The molecule has 2 aromatic carbocycles. The molecule has 0 amide bonds. The van der Waals surface area contributed by atoms with Gasteiger partial charge in [0, 0.05) is 0 Å². The fourth-order valence-electron chi connectivity index (χ4n) is 2.25. The van der Waals surface area contributed by atoms with E-state index in [1.807, 2.05) is 0 Å². The SMILES string of the molecule is O=[N+]([O-])c1cc([N+](=O)[O-])c(N=Nc2c([N+](=O)[O-])cc([N+](=O)[O-])cc2[N+](=O)[O-])c([N+](=O)[O-])c1. The summed E-state index contributed by atoms with van der Waals surface area (Å²) in [5.41, 5.74) is -9.77. The molecular formula is C12H4N8O12. The summed E-state index contributed by atoms with van der Waals surface area (Å²) in [5.74, 6) is 0. The van der Waals surface area contributed by atoms with Gasteiger partial charge in [-0.1, -0.05) is 0 Å². The summed E-state index contributed by atoms with van der Waals surface area (Å²) >= 11 is 0. The lowest BCUT2D eigenvalue weighted by molar-refractivity contribution is -0.402. The normalized spacial score (nSPS) is 10.6. The quantitative estimate of drug-likeness (QED) is 0.315. The van der Waals surface area contributed by atoms with Crippen LogP contribution in [0.3, 0.4) is 0 Å². The fourth-order valence-corrected chi connectivity index (χ4v) is 2.25. The first-order chi connectivity index (χ1) is 14.8. The lowest BCUT2D eigenvalue weighted by Crippen LogP contribution is -1.98. The van der Waals surface area contributed by atoms with Crippen molar-refractivity contribution in [1.29, 1.82) is 0 Å². The Kier molecular flexibility index (Phi) is 5.99. The molecule has 2 aromatic rings. The summed E-state index contributed by atoms with van der Waals surface area (Å²) in [7, 11) is 0. The fraction of sp³-hybridized carbons (Fsp3) is 0. The Morgan fingerprint density at radius 2 is 0.656 bits per heavy atom. The highest BCUT2D eigenvalue weighted by Crippen LogP contribution is 2.45. The lowest BCUT2D eigenvalue weighted by Gasteiger charge is -2.01. The molecule has 0 aliphatic heterocycles. The minimum absolute atomic E-state index is 0.292. The van der Waals surface area contributed by atoms with Crippen molar-refractivity contribution in [2.45, 2.75) is 0 Å². The average molecular weight is 452 g/mol. The van der Waals surface area contributed by atoms with Crippen molar-refractivity contribution in [3.63, 3.8) is 0 Å². The van der Waals surface area contributed by atoms with Crippen LogP contribution in [-0.4, -0.2) is 29.5 Å². The molecule has 0 radical (unpaired) electrons. The van der Waals surface area contributed by atoms with E-state index >= 15 is 0 Å². The maximum atomic E-state index is 11.2. The Morgan fingerprint density at radius 3 is 0.812 bits per heavy atom. The molecule has 0 heterocycles. The molecule has 0 aromatic heterocycles. The Hall–Kier alpha value is -5.56. The van der Waals surface area contributed by atoms with Gasteiger partial charge in [-0.15, -0.1) is 10.2 Å². The molecule has 2 rings (SSSR count). The van der Waals surface area contributed by atoms with Gasteiger partial charge in [-0.2, -0.15) is 0 Å². The summed E-state index contributed by atoms with van der Waals surface area (Å²) in [5, 5.41) is 72.9. The van der Waals surface area contributed by atoms with Gasteiger partial charge in [-0.05, 0) is 0 Å². The molecule has 32 heavy (non-hydrogen) atoms. The van der Waals surface area contributed by atoms with E-state index < -0.39 is 75.0 Å². The third-order valence-electron chi connectivity index (χ3n) is 3.57. The molecule has 0 unspecified atom stereocenters. The van der Waals surface area contributed by atoms with Crippen LogP contribution in [0, 0.1) is 60.7 Å². The van der Waals surface area contributed by atoms with Gasteiger partial charge < -0.3 is 0 Å². The third-order valence-corrected chi connectivity index (χ3v) is 3.57. The molecule has 0 saturated carbocycles.